The Morgan fingerprint density at radius 3 is 2.83 bits per heavy atom. The molecule has 3 rings (SSSR count). The van der Waals surface area contributed by atoms with Gasteiger partial charge in [-0.15, -0.1) is 0 Å². The van der Waals surface area contributed by atoms with E-state index in [1.165, 1.54) is 13.0 Å². The number of benzene rings is 1. The fraction of sp³-hybridized carbons (Fsp3) is 0.235. The van der Waals surface area contributed by atoms with Crippen molar-refractivity contribution in [3.63, 3.8) is 0 Å². The summed E-state index contributed by atoms with van der Waals surface area (Å²) in [5.41, 5.74) is 1.74. The summed E-state index contributed by atoms with van der Waals surface area (Å²) in [6.07, 6.45) is 3.02. The van der Waals surface area contributed by atoms with Crippen LogP contribution in [0.15, 0.2) is 34.8 Å². The van der Waals surface area contributed by atoms with Gasteiger partial charge >= 0.3 is 5.97 Å². The summed E-state index contributed by atoms with van der Waals surface area (Å²) in [6, 6.07) is 7.51. The fourth-order valence-corrected chi connectivity index (χ4v) is 2.99. The molecule has 0 bridgehead atoms. The molecule has 2 N–H and O–H groups in total. The number of pyridine rings is 1. The first-order valence-corrected chi connectivity index (χ1v) is 7.35. The van der Waals surface area contributed by atoms with Crippen molar-refractivity contribution in [2.75, 3.05) is 0 Å². The van der Waals surface area contributed by atoms with Gasteiger partial charge in [0.25, 0.3) is 5.56 Å². The minimum atomic E-state index is -1.29. The van der Waals surface area contributed by atoms with E-state index in [4.69, 9.17) is 0 Å². The Labute approximate surface area is 132 Å². The van der Waals surface area contributed by atoms with Crippen LogP contribution >= 0.6 is 0 Å². The minimum absolute atomic E-state index is 0.242. The lowest BCUT2D eigenvalue weighted by Gasteiger charge is -2.19. The molecule has 1 aliphatic rings. The zero-order valence-electron chi connectivity index (χ0n) is 12.6. The average molecular weight is 312 g/mol. The van der Waals surface area contributed by atoms with Gasteiger partial charge in [-0.3, -0.25) is 9.59 Å². The minimum Gasteiger partial charge on any atom is -0.477 e. The van der Waals surface area contributed by atoms with Crippen molar-refractivity contribution >= 4 is 28.9 Å². The standard InChI is InChI=1S/C17H16N2O4/c1-10(20)18-14(17(22)23)9-13-8-12-5-2-4-11-6-3-7-19(15(11)12)16(13)21/h2,4-5,8-9H,3,6-7H2,1H3,(H,18,20)(H,22,23)/b14-9-. The maximum absolute atomic E-state index is 12.7. The van der Waals surface area contributed by atoms with Crippen LogP contribution in [0.4, 0.5) is 0 Å². The Bertz CT molecular complexity index is 909. The van der Waals surface area contributed by atoms with Gasteiger partial charge in [-0.25, -0.2) is 4.79 Å². The highest BCUT2D eigenvalue weighted by atomic mass is 16.4. The summed E-state index contributed by atoms with van der Waals surface area (Å²) < 4.78 is 1.69. The number of hydrogen-bond acceptors (Lipinski definition) is 3. The van der Waals surface area contributed by atoms with Crippen LogP contribution in [0.1, 0.15) is 24.5 Å². The van der Waals surface area contributed by atoms with Crippen LogP contribution in [-0.4, -0.2) is 21.6 Å². The van der Waals surface area contributed by atoms with Crippen LogP contribution in [0.2, 0.25) is 0 Å². The number of nitrogens with one attached hydrogen (secondary N) is 1. The molecule has 1 aliphatic heterocycles. The second-order valence-electron chi connectivity index (χ2n) is 5.56. The lowest BCUT2D eigenvalue weighted by Crippen LogP contribution is -2.28. The van der Waals surface area contributed by atoms with Gasteiger partial charge in [0.15, 0.2) is 0 Å². The van der Waals surface area contributed by atoms with E-state index in [0.717, 1.165) is 29.3 Å². The maximum atomic E-state index is 12.7. The molecule has 23 heavy (non-hydrogen) atoms. The summed E-state index contributed by atoms with van der Waals surface area (Å²) >= 11 is 0. The zero-order chi connectivity index (χ0) is 16.6. The Hall–Kier alpha value is -2.89. The van der Waals surface area contributed by atoms with Crippen molar-refractivity contribution in [2.24, 2.45) is 0 Å². The molecule has 0 fully saturated rings. The van der Waals surface area contributed by atoms with E-state index >= 15 is 0 Å². The second kappa shape index (κ2) is 5.72. The van der Waals surface area contributed by atoms with Gasteiger partial charge in [0, 0.05) is 19.0 Å². The van der Waals surface area contributed by atoms with Gasteiger partial charge in [-0.05, 0) is 35.9 Å². The number of rotatable bonds is 3. The number of aromatic nitrogens is 1. The van der Waals surface area contributed by atoms with E-state index in [1.54, 1.807) is 10.6 Å². The van der Waals surface area contributed by atoms with E-state index in [0.29, 0.717) is 6.54 Å². The summed E-state index contributed by atoms with van der Waals surface area (Å²) in [4.78, 5) is 35.0. The van der Waals surface area contributed by atoms with Crippen LogP contribution in [0.3, 0.4) is 0 Å². The first kappa shape index (κ1) is 15.0. The van der Waals surface area contributed by atoms with E-state index in [-0.39, 0.29) is 16.8 Å². The average Bonchev–Trinajstić information content (AvgIpc) is 2.51. The Balaban J connectivity index is 2.23. The highest BCUT2D eigenvalue weighted by Crippen LogP contribution is 2.24. The largest absolute Gasteiger partial charge is 0.477 e. The number of aryl methyl sites for hydroxylation is 2. The smallest absolute Gasteiger partial charge is 0.352 e. The number of amides is 1. The third kappa shape index (κ3) is 2.75. The SMILES string of the molecule is CC(=O)N/C(=C\c1cc2cccc3c2n(c1=O)CCC3)C(=O)O. The number of carboxylic acids is 1. The summed E-state index contributed by atoms with van der Waals surface area (Å²) in [6.45, 7) is 1.83. The van der Waals surface area contributed by atoms with Crippen LogP contribution in [-0.2, 0) is 22.6 Å². The molecule has 118 valence electrons. The Morgan fingerprint density at radius 1 is 1.35 bits per heavy atom. The third-order valence-electron chi connectivity index (χ3n) is 3.89. The predicted molar refractivity (Wildman–Crippen MR) is 86.0 cm³/mol. The Kier molecular flexibility index (Phi) is 3.73. The summed E-state index contributed by atoms with van der Waals surface area (Å²) in [5, 5.41) is 12.3. The van der Waals surface area contributed by atoms with Crippen LogP contribution in [0.5, 0.6) is 0 Å². The van der Waals surface area contributed by atoms with Gasteiger partial charge in [-0.2, -0.15) is 0 Å². The molecular weight excluding hydrogens is 296 g/mol. The second-order valence-corrected chi connectivity index (χ2v) is 5.56. The van der Waals surface area contributed by atoms with Crippen molar-refractivity contribution in [1.82, 2.24) is 9.88 Å². The molecule has 0 unspecified atom stereocenters. The summed E-state index contributed by atoms with van der Waals surface area (Å²) in [7, 11) is 0. The molecule has 1 aromatic carbocycles. The molecule has 2 heterocycles. The quantitative estimate of drug-likeness (QED) is 0.841. The molecule has 0 aliphatic carbocycles. The maximum Gasteiger partial charge on any atom is 0.352 e. The molecule has 6 nitrogen and oxygen atoms in total. The number of carbonyl (C=O) groups is 2. The first-order chi connectivity index (χ1) is 11.0. The van der Waals surface area contributed by atoms with Crippen LogP contribution < -0.4 is 10.9 Å². The van der Waals surface area contributed by atoms with Crippen molar-refractivity contribution in [3.05, 3.63) is 51.4 Å². The molecule has 1 aromatic heterocycles. The van der Waals surface area contributed by atoms with Crippen molar-refractivity contribution in [2.45, 2.75) is 26.3 Å². The zero-order valence-corrected chi connectivity index (χ0v) is 12.6. The van der Waals surface area contributed by atoms with Crippen LogP contribution in [0, 0.1) is 0 Å². The first-order valence-electron chi connectivity index (χ1n) is 7.35. The number of hydrogen-bond donors (Lipinski definition) is 2. The molecule has 2 aromatic rings. The van der Waals surface area contributed by atoms with Gasteiger partial charge < -0.3 is 15.0 Å². The van der Waals surface area contributed by atoms with Gasteiger partial charge in [0.05, 0.1) is 5.52 Å². The van der Waals surface area contributed by atoms with E-state index in [2.05, 4.69) is 5.32 Å². The van der Waals surface area contributed by atoms with Gasteiger partial charge in [0.2, 0.25) is 5.91 Å². The highest BCUT2D eigenvalue weighted by molar-refractivity contribution is 5.97. The van der Waals surface area contributed by atoms with Crippen molar-refractivity contribution in [3.8, 4) is 0 Å². The lowest BCUT2D eigenvalue weighted by molar-refractivity contribution is -0.134. The Morgan fingerprint density at radius 2 is 2.13 bits per heavy atom. The van der Waals surface area contributed by atoms with E-state index in [1.807, 2.05) is 18.2 Å². The number of carbonyl (C=O) groups excluding carboxylic acids is 1. The number of carboxylic acid groups (broad SMARTS) is 1. The molecule has 0 saturated carbocycles. The van der Waals surface area contributed by atoms with Gasteiger partial charge in [-0.1, -0.05) is 18.2 Å². The number of nitrogens with zero attached hydrogens (tertiary/aromatic N) is 1. The number of aliphatic carboxylic acids is 1. The molecule has 0 spiro atoms. The predicted octanol–water partition coefficient (Wildman–Crippen LogP) is 1.51. The monoisotopic (exact) mass is 312 g/mol. The van der Waals surface area contributed by atoms with Gasteiger partial charge in [0.1, 0.15) is 5.70 Å². The van der Waals surface area contributed by atoms with E-state index < -0.39 is 11.9 Å². The molecule has 1 amide bonds. The molecule has 0 atom stereocenters. The highest BCUT2D eigenvalue weighted by Gasteiger charge is 2.17. The van der Waals surface area contributed by atoms with Crippen molar-refractivity contribution < 1.29 is 14.7 Å². The van der Waals surface area contributed by atoms with Crippen LogP contribution in [0.25, 0.3) is 17.0 Å². The third-order valence-corrected chi connectivity index (χ3v) is 3.89. The molecule has 0 saturated heterocycles. The van der Waals surface area contributed by atoms with E-state index in [9.17, 15) is 19.5 Å². The normalized spacial score (nSPS) is 13.9. The number of para-hydroxylation sites is 1. The topological polar surface area (TPSA) is 88.4 Å². The lowest BCUT2D eigenvalue weighted by atomic mass is 10.00. The van der Waals surface area contributed by atoms with Crippen molar-refractivity contribution in [1.29, 1.82) is 0 Å². The fourth-order valence-electron chi connectivity index (χ4n) is 2.99. The molecule has 0 radical (unpaired) electrons. The summed E-state index contributed by atoms with van der Waals surface area (Å²) in [5.74, 6) is -1.78. The molecular formula is C17H16N2O4. The molecule has 6 heteroatoms.